The number of sulfonamides is 1. The summed E-state index contributed by atoms with van der Waals surface area (Å²) >= 11 is 6.27. The number of hydrogen-bond acceptors (Lipinski definition) is 3. The van der Waals surface area contributed by atoms with Crippen molar-refractivity contribution < 1.29 is 13.2 Å². The van der Waals surface area contributed by atoms with Crippen LogP contribution in [0.3, 0.4) is 0 Å². The average Bonchev–Trinajstić information content (AvgIpc) is 2.63. The molecule has 0 N–H and O–H groups in total. The van der Waals surface area contributed by atoms with E-state index in [1.54, 1.807) is 23.1 Å². The molecule has 0 aromatic heterocycles. The first kappa shape index (κ1) is 18.7. The molecule has 26 heavy (non-hydrogen) atoms. The fraction of sp³-hybridized carbons (Fsp3) is 0.316. The molecule has 1 heterocycles. The van der Waals surface area contributed by atoms with Crippen LogP contribution in [0.1, 0.15) is 30.1 Å². The molecule has 2 aromatic carbocycles. The highest BCUT2D eigenvalue weighted by molar-refractivity contribution is 7.92. The summed E-state index contributed by atoms with van der Waals surface area (Å²) in [5.41, 5.74) is 1.56. The molecule has 2 aromatic rings. The second-order valence-corrected chi connectivity index (χ2v) is 8.56. The number of benzene rings is 2. The molecular weight excluding hydrogens is 372 g/mol. The Kier molecular flexibility index (Phi) is 5.53. The first-order valence-electron chi connectivity index (χ1n) is 8.61. The van der Waals surface area contributed by atoms with E-state index in [9.17, 15) is 13.2 Å². The monoisotopic (exact) mass is 392 g/mol. The number of carbonyl (C=O) groups excluding carboxylic acids is 1. The normalized spacial score (nSPS) is 16.3. The first-order valence-corrected chi connectivity index (χ1v) is 10.6. The number of amides is 1. The zero-order chi connectivity index (χ0) is 18.7. The molecule has 1 amide bonds. The average molecular weight is 393 g/mol. The van der Waals surface area contributed by atoms with Gasteiger partial charge in [-0.3, -0.25) is 9.10 Å². The third kappa shape index (κ3) is 3.71. The highest BCUT2D eigenvalue weighted by Crippen LogP contribution is 2.29. The molecule has 1 saturated heterocycles. The summed E-state index contributed by atoms with van der Waals surface area (Å²) in [6, 6.07) is 14.2. The van der Waals surface area contributed by atoms with Gasteiger partial charge in [0.15, 0.2) is 0 Å². The molecule has 7 heteroatoms. The Labute approximate surface area is 159 Å². The molecule has 1 fully saturated rings. The van der Waals surface area contributed by atoms with Crippen molar-refractivity contribution in [2.45, 2.75) is 19.8 Å². The van der Waals surface area contributed by atoms with E-state index in [2.05, 4.69) is 0 Å². The maximum Gasteiger partial charge on any atom is 0.259 e. The molecule has 0 spiro atoms. The number of para-hydroxylation sites is 1. The Morgan fingerprint density at radius 2 is 1.88 bits per heavy atom. The summed E-state index contributed by atoms with van der Waals surface area (Å²) < 4.78 is 26.1. The molecule has 0 unspecified atom stereocenters. The van der Waals surface area contributed by atoms with Crippen molar-refractivity contribution in [3.63, 3.8) is 0 Å². The van der Waals surface area contributed by atoms with Crippen molar-refractivity contribution in [3.05, 3.63) is 59.1 Å². The van der Waals surface area contributed by atoms with Gasteiger partial charge < -0.3 is 4.90 Å². The lowest BCUT2D eigenvalue weighted by Gasteiger charge is -2.29. The van der Waals surface area contributed by atoms with E-state index in [4.69, 9.17) is 11.6 Å². The van der Waals surface area contributed by atoms with Gasteiger partial charge >= 0.3 is 0 Å². The first-order chi connectivity index (χ1) is 12.4. The van der Waals surface area contributed by atoms with Gasteiger partial charge in [0.25, 0.3) is 5.91 Å². The van der Waals surface area contributed by atoms with Crippen molar-refractivity contribution in [2.75, 3.05) is 28.0 Å². The third-order valence-corrected chi connectivity index (χ3v) is 6.65. The quantitative estimate of drug-likeness (QED) is 0.791. The molecule has 0 aliphatic carbocycles. The minimum atomic E-state index is -3.34. The lowest BCUT2D eigenvalue weighted by molar-refractivity contribution is 0.0988. The van der Waals surface area contributed by atoms with Gasteiger partial charge in [0, 0.05) is 18.8 Å². The minimum Gasteiger partial charge on any atom is -0.309 e. The standard InChI is InChI=1S/C19H21ClN2O3S/c1-2-21(15-8-4-3-5-9-15)19(23)17-14-16(10-11-18(17)20)22-12-6-7-13-26(22,24)25/h3-5,8-11,14H,2,6-7,12-13H2,1H3. The van der Waals surface area contributed by atoms with Gasteiger partial charge in [-0.05, 0) is 50.1 Å². The molecule has 0 radical (unpaired) electrons. The van der Waals surface area contributed by atoms with Crippen LogP contribution in [0.2, 0.25) is 5.02 Å². The predicted molar refractivity (Wildman–Crippen MR) is 106 cm³/mol. The van der Waals surface area contributed by atoms with E-state index in [0.717, 1.165) is 12.1 Å². The fourth-order valence-corrected chi connectivity index (χ4v) is 4.94. The van der Waals surface area contributed by atoms with Crippen LogP contribution in [-0.2, 0) is 10.0 Å². The van der Waals surface area contributed by atoms with Crippen LogP contribution in [0.25, 0.3) is 0 Å². The van der Waals surface area contributed by atoms with Gasteiger partial charge in [0.2, 0.25) is 10.0 Å². The van der Waals surface area contributed by atoms with Crippen LogP contribution < -0.4 is 9.21 Å². The zero-order valence-electron chi connectivity index (χ0n) is 14.6. The number of halogens is 1. The summed E-state index contributed by atoms with van der Waals surface area (Å²) in [5, 5.41) is 0.308. The lowest BCUT2D eigenvalue weighted by Crippen LogP contribution is -2.38. The molecular formula is C19H21ClN2O3S. The molecule has 5 nitrogen and oxygen atoms in total. The van der Waals surface area contributed by atoms with Gasteiger partial charge in [-0.2, -0.15) is 0 Å². The number of hydrogen-bond donors (Lipinski definition) is 0. The summed E-state index contributed by atoms with van der Waals surface area (Å²) in [6.07, 6.45) is 1.46. The van der Waals surface area contributed by atoms with Crippen molar-refractivity contribution in [3.8, 4) is 0 Å². The van der Waals surface area contributed by atoms with Gasteiger partial charge in [-0.25, -0.2) is 8.42 Å². The van der Waals surface area contributed by atoms with E-state index >= 15 is 0 Å². The Morgan fingerprint density at radius 3 is 2.54 bits per heavy atom. The summed E-state index contributed by atoms with van der Waals surface area (Å²) in [4.78, 5) is 14.7. The molecule has 3 rings (SSSR count). The smallest absolute Gasteiger partial charge is 0.259 e. The highest BCUT2D eigenvalue weighted by atomic mass is 35.5. The van der Waals surface area contributed by atoms with E-state index < -0.39 is 10.0 Å². The fourth-order valence-electron chi connectivity index (χ4n) is 3.11. The Balaban J connectivity index is 1.98. The van der Waals surface area contributed by atoms with E-state index in [0.29, 0.717) is 35.8 Å². The Bertz CT molecular complexity index is 900. The maximum atomic E-state index is 13.1. The second-order valence-electron chi connectivity index (χ2n) is 6.14. The van der Waals surface area contributed by atoms with Crippen molar-refractivity contribution in [2.24, 2.45) is 0 Å². The van der Waals surface area contributed by atoms with E-state index in [-0.39, 0.29) is 11.7 Å². The number of rotatable bonds is 4. The molecule has 1 aliphatic rings. The summed E-state index contributed by atoms with van der Waals surface area (Å²) in [5.74, 6) is -0.121. The number of carbonyl (C=O) groups is 1. The summed E-state index contributed by atoms with van der Waals surface area (Å²) in [6.45, 7) is 2.79. The van der Waals surface area contributed by atoms with Gasteiger partial charge in [-0.15, -0.1) is 0 Å². The molecule has 0 bridgehead atoms. The second kappa shape index (κ2) is 7.68. The van der Waals surface area contributed by atoms with Crippen LogP contribution in [-0.4, -0.2) is 33.2 Å². The largest absolute Gasteiger partial charge is 0.309 e. The number of nitrogens with zero attached hydrogens (tertiary/aromatic N) is 2. The van der Waals surface area contributed by atoms with E-state index in [1.165, 1.54) is 4.31 Å². The molecule has 138 valence electrons. The van der Waals surface area contributed by atoms with Crippen LogP contribution in [0.15, 0.2) is 48.5 Å². The van der Waals surface area contributed by atoms with Crippen molar-refractivity contribution >= 4 is 38.9 Å². The maximum absolute atomic E-state index is 13.1. The number of anilines is 2. The topological polar surface area (TPSA) is 57.7 Å². The van der Waals surface area contributed by atoms with Crippen LogP contribution >= 0.6 is 11.6 Å². The van der Waals surface area contributed by atoms with E-state index in [1.807, 2.05) is 37.3 Å². The zero-order valence-corrected chi connectivity index (χ0v) is 16.1. The van der Waals surface area contributed by atoms with Crippen LogP contribution in [0.4, 0.5) is 11.4 Å². The van der Waals surface area contributed by atoms with Gasteiger partial charge in [0.1, 0.15) is 0 Å². The van der Waals surface area contributed by atoms with Crippen LogP contribution in [0.5, 0.6) is 0 Å². The van der Waals surface area contributed by atoms with Gasteiger partial charge in [-0.1, -0.05) is 29.8 Å². The summed E-state index contributed by atoms with van der Waals surface area (Å²) in [7, 11) is -3.34. The Hall–Kier alpha value is -2.05. The third-order valence-electron chi connectivity index (χ3n) is 4.45. The lowest BCUT2D eigenvalue weighted by atomic mass is 10.1. The van der Waals surface area contributed by atoms with Crippen LogP contribution in [0, 0.1) is 0 Å². The SMILES string of the molecule is CCN(C(=O)c1cc(N2CCCCS2(=O)=O)ccc1Cl)c1ccccc1. The van der Waals surface area contributed by atoms with Gasteiger partial charge in [0.05, 0.1) is 22.0 Å². The molecule has 0 saturated carbocycles. The Morgan fingerprint density at radius 1 is 1.15 bits per heavy atom. The molecule has 1 aliphatic heterocycles. The van der Waals surface area contributed by atoms with Crippen molar-refractivity contribution in [1.82, 2.24) is 0 Å². The van der Waals surface area contributed by atoms with Crippen molar-refractivity contribution in [1.29, 1.82) is 0 Å². The predicted octanol–water partition coefficient (Wildman–Crippen LogP) is 3.94. The highest BCUT2D eigenvalue weighted by Gasteiger charge is 2.27. The minimum absolute atomic E-state index is 0.129. The molecule has 0 atom stereocenters.